The van der Waals surface area contributed by atoms with Crippen LogP contribution in [0.5, 0.6) is 0 Å². The van der Waals surface area contributed by atoms with E-state index in [1.807, 2.05) is 43.1 Å². The van der Waals surface area contributed by atoms with Gasteiger partial charge in [0, 0.05) is 66.8 Å². The second kappa shape index (κ2) is 8.31. The van der Waals surface area contributed by atoms with Crippen molar-refractivity contribution in [2.75, 3.05) is 26.3 Å². The Balaban J connectivity index is 1.39. The maximum Gasteiger partial charge on any atom is 0.225 e. The van der Waals surface area contributed by atoms with Crippen molar-refractivity contribution in [2.45, 2.75) is 39.2 Å². The predicted octanol–water partition coefficient (Wildman–Crippen LogP) is 3.80. The molecule has 3 aromatic rings. The minimum Gasteiger partial charge on any atom is -0.381 e. The Hall–Kier alpha value is -2.97. The third-order valence-electron chi connectivity index (χ3n) is 7.82. The minimum absolute atomic E-state index is 0.113. The average molecular weight is 493 g/mol. The van der Waals surface area contributed by atoms with E-state index in [9.17, 15) is 4.79 Å². The summed E-state index contributed by atoms with van der Waals surface area (Å²) in [5.74, 6) is 1.59. The first kappa shape index (κ1) is 22.5. The number of likely N-dealkylation sites (tertiary alicyclic amines) is 1. The molecule has 0 radical (unpaired) electrons. The van der Waals surface area contributed by atoms with Crippen molar-refractivity contribution in [3.63, 3.8) is 0 Å². The molecule has 8 nitrogen and oxygen atoms in total. The largest absolute Gasteiger partial charge is 0.381 e. The number of hydrogen-bond donors (Lipinski definition) is 0. The van der Waals surface area contributed by atoms with Crippen LogP contribution in [0.25, 0.3) is 5.69 Å². The van der Waals surface area contributed by atoms with Gasteiger partial charge in [-0.25, -0.2) is 0 Å². The Morgan fingerprint density at radius 3 is 2.57 bits per heavy atom. The van der Waals surface area contributed by atoms with Crippen LogP contribution >= 0.6 is 11.6 Å². The first-order valence-corrected chi connectivity index (χ1v) is 12.5. The molecule has 0 N–H and O–H groups in total. The highest BCUT2D eigenvalue weighted by molar-refractivity contribution is 6.30. The number of aryl methyl sites for hydroxylation is 2. The van der Waals surface area contributed by atoms with Crippen LogP contribution in [0.15, 0.2) is 35.5 Å². The van der Waals surface area contributed by atoms with Crippen LogP contribution in [-0.4, -0.2) is 62.2 Å². The van der Waals surface area contributed by atoms with Gasteiger partial charge in [-0.15, -0.1) is 10.2 Å². The first-order chi connectivity index (χ1) is 16.8. The number of rotatable bonds is 3. The van der Waals surface area contributed by atoms with Gasteiger partial charge in [-0.2, -0.15) is 0 Å². The molecule has 0 saturated carbocycles. The molecule has 9 heteroatoms. The van der Waals surface area contributed by atoms with E-state index in [4.69, 9.17) is 21.3 Å². The lowest BCUT2D eigenvalue weighted by molar-refractivity contribution is -0.150. The van der Waals surface area contributed by atoms with E-state index in [2.05, 4.69) is 32.5 Å². The highest BCUT2D eigenvalue weighted by atomic mass is 35.5. The van der Waals surface area contributed by atoms with Gasteiger partial charge in [0.2, 0.25) is 5.91 Å². The summed E-state index contributed by atoms with van der Waals surface area (Å²) < 4.78 is 9.68. The van der Waals surface area contributed by atoms with Gasteiger partial charge in [0.1, 0.15) is 11.9 Å². The van der Waals surface area contributed by atoms with Crippen LogP contribution in [0.3, 0.4) is 0 Å². The summed E-state index contributed by atoms with van der Waals surface area (Å²) in [5.41, 5.74) is 5.14. The van der Waals surface area contributed by atoms with E-state index < -0.39 is 6.04 Å². The smallest absolute Gasteiger partial charge is 0.225 e. The van der Waals surface area contributed by atoms with Gasteiger partial charge in [-0.05, 0) is 38.8 Å². The van der Waals surface area contributed by atoms with Gasteiger partial charge in [-0.1, -0.05) is 23.7 Å². The normalized spacial score (nSPS) is 20.6. The van der Waals surface area contributed by atoms with Gasteiger partial charge in [0.25, 0.3) is 0 Å². The van der Waals surface area contributed by atoms with Crippen molar-refractivity contribution in [1.29, 1.82) is 0 Å². The molecular weight excluding hydrogens is 464 g/mol. The lowest BCUT2D eigenvalue weighted by atomic mass is 9.73. The number of fused-ring (bicyclic) bond motifs is 3. The molecule has 2 aromatic heterocycles. The number of aliphatic imine (C=N–C) groups is 1. The molecule has 0 bridgehead atoms. The standard InChI is InChI=1S/C26H29ClN6O2/c1-16-23-21(13-31(16)3)33-17(2)29-30-25(33)20(28-24(23)18-4-6-19(27)7-5-18)12-22(34)32-14-26(15-32)8-10-35-11-9-26/h4-7,13,20H,8-12,14-15H2,1-3H3/t20-/m0/s1. The van der Waals surface area contributed by atoms with Crippen molar-refractivity contribution in [3.8, 4) is 5.69 Å². The van der Waals surface area contributed by atoms with Crippen LogP contribution in [0.1, 0.15) is 53.8 Å². The Bertz CT molecular complexity index is 1320. The molecule has 6 rings (SSSR count). The first-order valence-electron chi connectivity index (χ1n) is 12.1. The number of carbonyl (C=O) groups is 1. The van der Waals surface area contributed by atoms with Gasteiger partial charge < -0.3 is 14.2 Å². The molecule has 3 aliphatic rings. The van der Waals surface area contributed by atoms with E-state index in [0.29, 0.717) is 10.8 Å². The SMILES string of the molecule is Cc1c2c(cn1C)-n1c(C)nnc1[C@H](CC(=O)N1CC3(CCOCC3)C1)N=C2c1ccc(Cl)cc1. The molecule has 0 unspecified atom stereocenters. The third-order valence-corrected chi connectivity index (χ3v) is 8.07. The zero-order valence-electron chi connectivity index (χ0n) is 20.3. The monoisotopic (exact) mass is 492 g/mol. The number of ether oxygens (including phenoxy) is 1. The molecule has 1 spiro atoms. The summed E-state index contributed by atoms with van der Waals surface area (Å²) in [6.45, 7) is 7.23. The Labute approximate surface area is 209 Å². The van der Waals surface area contributed by atoms with E-state index in [1.165, 1.54) is 0 Å². The zero-order chi connectivity index (χ0) is 24.3. The number of amides is 1. The fraction of sp³-hybridized carbons (Fsp3) is 0.462. The van der Waals surface area contributed by atoms with Crippen molar-refractivity contribution >= 4 is 23.2 Å². The number of nitrogens with zero attached hydrogens (tertiary/aromatic N) is 6. The Morgan fingerprint density at radius 1 is 1.14 bits per heavy atom. The van der Waals surface area contributed by atoms with Crippen molar-refractivity contribution < 1.29 is 9.53 Å². The lowest BCUT2D eigenvalue weighted by Crippen LogP contribution is -2.60. The zero-order valence-corrected chi connectivity index (χ0v) is 21.0. The molecule has 5 heterocycles. The minimum atomic E-state index is -0.433. The summed E-state index contributed by atoms with van der Waals surface area (Å²) >= 11 is 6.19. The molecule has 1 atom stereocenters. The summed E-state index contributed by atoms with van der Waals surface area (Å²) in [6.07, 6.45) is 4.41. The van der Waals surface area contributed by atoms with Crippen LogP contribution in [-0.2, 0) is 16.6 Å². The highest BCUT2D eigenvalue weighted by Gasteiger charge is 2.46. The van der Waals surface area contributed by atoms with Crippen LogP contribution in [0.2, 0.25) is 5.02 Å². The number of halogens is 1. The summed E-state index contributed by atoms with van der Waals surface area (Å²) in [7, 11) is 2.03. The summed E-state index contributed by atoms with van der Waals surface area (Å²) in [5, 5.41) is 9.55. The molecule has 2 saturated heterocycles. The van der Waals surface area contributed by atoms with Crippen LogP contribution < -0.4 is 0 Å². The highest BCUT2D eigenvalue weighted by Crippen LogP contribution is 2.41. The van der Waals surface area contributed by atoms with Crippen LogP contribution in [0, 0.1) is 19.3 Å². The van der Waals surface area contributed by atoms with Gasteiger partial charge in [0.15, 0.2) is 5.82 Å². The molecule has 1 amide bonds. The maximum atomic E-state index is 13.4. The van der Waals surface area contributed by atoms with E-state index >= 15 is 0 Å². The van der Waals surface area contributed by atoms with Gasteiger partial charge >= 0.3 is 0 Å². The summed E-state index contributed by atoms with van der Waals surface area (Å²) in [4.78, 5) is 20.6. The topological polar surface area (TPSA) is 77.5 Å². The average Bonchev–Trinajstić information content (AvgIpc) is 3.30. The van der Waals surface area contributed by atoms with Gasteiger partial charge in [0.05, 0.1) is 17.8 Å². The molecule has 182 valence electrons. The Kier molecular flexibility index (Phi) is 5.34. The summed E-state index contributed by atoms with van der Waals surface area (Å²) in [6, 6.07) is 7.29. The molecule has 2 fully saturated rings. The maximum absolute atomic E-state index is 13.4. The number of aromatic nitrogens is 4. The van der Waals surface area contributed by atoms with Crippen molar-refractivity contribution in [2.24, 2.45) is 17.5 Å². The second-order valence-electron chi connectivity index (χ2n) is 10.1. The molecule has 3 aliphatic heterocycles. The van der Waals surface area contributed by atoms with Gasteiger partial charge in [-0.3, -0.25) is 14.4 Å². The van der Waals surface area contributed by atoms with E-state index in [0.717, 1.165) is 73.2 Å². The van der Waals surface area contributed by atoms with E-state index in [-0.39, 0.29) is 17.7 Å². The van der Waals surface area contributed by atoms with Crippen LogP contribution in [0.4, 0.5) is 0 Å². The predicted molar refractivity (Wildman–Crippen MR) is 133 cm³/mol. The number of hydrogen-bond acceptors (Lipinski definition) is 5. The Morgan fingerprint density at radius 2 is 1.86 bits per heavy atom. The van der Waals surface area contributed by atoms with E-state index in [1.54, 1.807) is 0 Å². The number of carbonyl (C=O) groups excluding carboxylic acids is 1. The van der Waals surface area contributed by atoms with Crippen molar-refractivity contribution in [3.05, 3.63) is 64.0 Å². The fourth-order valence-corrected chi connectivity index (χ4v) is 5.78. The second-order valence-corrected chi connectivity index (χ2v) is 10.5. The number of benzene rings is 1. The van der Waals surface area contributed by atoms with Crippen molar-refractivity contribution in [1.82, 2.24) is 24.2 Å². The third kappa shape index (κ3) is 3.70. The fourth-order valence-electron chi connectivity index (χ4n) is 5.66. The molecular formula is C26H29ClN6O2. The lowest BCUT2D eigenvalue weighted by Gasteiger charge is -2.52. The molecule has 1 aromatic carbocycles. The molecule has 0 aliphatic carbocycles. The molecule has 35 heavy (non-hydrogen) atoms. The quantitative estimate of drug-likeness (QED) is 0.557.